The fraction of sp³-hybridized carbons (Fsp3) is 0.217. The lowest BCUT2D eigenvalue weighted by Crippen LogP contribution is -2.31. The van der Waals surface area contributed by atoms with Crippen molar-refractivity contribution >= 4 is 11.6 Å². The third-order valence-electron chi connectivity index (χ3n) is 4.41. The molecule has 3 aromatic rings. The molecule has 144 valence electrons. The SMILES string of the molecule is Cc1ccccc1OCCCC(=O)N(Cc1ccccn1)c1ccccc1O. The fourth-order valence-corrected chi connectivity index (χ4v) is 2.91. The predicted octanol–water partition coefficient (Wildman–Crippen LogP) is 4.49. The minimum absolute atomic E-state index is 0.0722. The monoisotopic (exact) mass is 376 g/mol. The first-order valence-electron chi connectivity index (χ1n) is 9.32. The molecule has 0 saturated carbocycles. The molecule has 28 heavy (non-hydrogen) atoms. The zero-order chi connectivity index (χ0) is 19.8. The highest BCUT2D eigenvalue weighted by Gasteiger charge is 2.19. The summed E-state index contributed by atoms with van der Waals surface area (Å²) >= 11 is 0. The molecule has 3 rings (SSSR count). The summed E-state index contributed by atoms with van der Waals surface area (Å²) in [6.45, 7) is 2.75. The lowest BCUT2D eigenvalue weighted by atomic mass is 10.2. The number of carbonyl (C=O) groups is 1. The van der Waals surface area contributed by atoms with Gasteiger partial charge in [0.05, 0.1) is 24.5 Å². The Labute approximate surface area is 165 Å². The number of carbonyl (C=O) groups excluding carboxylic acids is 1. The van der Waals surface area contributed by atoms with Gasteiger partial charge < -0.3 is 14.7 Å². The maximum atomic E-state index is 12.9. The van der Waals surface area contributed by atoms with Crippen LogP contribution in [-0.4, -0.2) is 22.6 Å². The molecule has 0 aliphatic heterocycles. The lowest BCUT2D eigenvalue weighted by Gasteiger charge is -2.23. The highest BCUT2D eigenvalue weighted by atomic mass is 16.5. The van der Waals surface area contributed by atoms with E-state index in [0.29, 0.717) is 31.7 Å². The summed E-state index contributed by atoms with van der Waals surface area (Å²) in [5.74, 6) is 0.824. The Balaban J connectivity index is 1.65. The molecule has 0 aliphatic carbocycles. The van der Waals surface area contributed by atoms with Crippen LogP contribution >= 0.6 is 0 Å². The minimum Gasteiger partial charge on any atom is -0.506 e. The molecule has 0 bridgehead atoms. The van der Waals surface area contributed by atoms with E-state index >= 15 is 0 Å². The largest absolute Gasteiger partial charge is 0.506 e. The standard InChI is InChI=1S/C23H24N2O3/c1-18-9-2-5-13-22(18)28-16-8-14-23(27)25(17-19-10-6-7-15-24-19)20-11-3-4-12-21(20)26/h2-7,9-13,15,26H,8,14,16-17H2,1H3. The van der Waals surface area contributed by atoms with Crippen LogP contribution in [-0.2, 0) is 11.3 Å². The average Bonchev–Trinajstić information content (AvgIpc) is 2.72. The molecule has 0 radical (unpaired) electrons. The van der Waals surface area contributed by atoms with Gasteiger partial charge in [-0.05, 0) is 49.2 Å². The van der Waals surface area contributed by atoms with Gasteiger partial charge in [0.25, 0.3) is 0 Å². The molecule has 1 heterocycles. The normalized spacial score (nSPS) is 10.5. The first-order valence-corrected chi connectivity index (χ1v) is 9.32. The van der Waals surface area contributed by atoms with E-state index in [9.17, 15) is 9.90 Å². The minimum atomic E-state index is -0.0828. The van der Waals surface area contributed by atoms with Crippen molar-refractivity contribution in [1.29, 1.82) is 0 Å². The molecule has 1 N–H and O–H groups in total. The number of anilines is 1. The lowest BCUT2D eigenvalue weighted by molar-refractivity contribution is -0.119. The quantitative estimate of drug-likeness (QED) is 0.589. The Bertz CT molecular complexity index is 912. The third-order valence-corrected chi connectivity index (χ3v) is 4.41. The number of pyridine rings is 1. The van der Waals surface area contributed by atoms with Crippen LogP contribution in [0.3, 0.4) is 0 Å². The Morgan fingerprint density at radius 1 is 1.04 bits per heavy atom. The predicted molar refractivity (Wildman–Crippen MR) is 109 cm³/mol. The van der Waals surface area contributed by atoms with Gasteiger partial charge in [0.1, 0.15) is 11.5 Å². The number of ether oxygens (including phenoxy) is 1. The van der Waals surface area contributed by atoms with E-state index in [2.05, 4.69) is 4.98 Å². The summed E-state index contributed by atoms with van der Waals surface area (Å²) in [5, 5.41) is 10.2. The summed E-state index contributed by atoms with van der Waals surface area (Å²) in [5.41, 5.74) is 2.31. The first kappa shape index (κ1) is 19.4. The average molecular weight is 376 g/mol. The van der Waals surface area contributed by atoms with E-state index in [0.717, 1.165) is 17.0 Å². The summed E-state index contributed by atoms with van der Waals surface area (Å²) in [4.78, 5) is 18.8. The molecule has 0 atom stereocenters. The molecule has 0 aliphatic rings. The number of amides is 1. The second kappa shape index (κ2) is 9.55. The molecule has 0 spiro atoms. The number of aromatic nitrogens is 1. The van der Waals surface area contributed by atoms with E-state index in [-0.39, 0.29) is 11.7 Å². The number of phenolic OH excluding ortho intramolecular Hbond substituents is 1. The second-order valence-corrected chi connectivity index (χ2v) is 6.51. The highest BCUT2D eigenvalue weighted by Crippen LogP contribution is 2.28. The second-order valence-electron chi connectivity index (χ2n) is 6.51. The molecule has 0 saturated heterocycles. The van der Waals surface area contributed by atoms with Gasteiger partial charge in [0.15, 0.2) is 0 Å². The van der Waals surface area contributed by atoms with Crippen molar-refractivity contribution in [3.8, 4) is 11.5 Å². The van der Waals surface area contributed by atoms with Crippen LogP contribution in [0.2, 0.25) is 0 Å². The Kier molecular flexibility index (Phi) is 6.63. The molecule has 0 unspecified atom stereocenters. The van der Waals surface area contributed by atoms with Crippen molar-refractivity contribution in [1.82, 2.24) is 4.98 Å². The van der Waals surface area contributed by atoms with Crippen LogP contribution in [0.4, 0.5) is 5.69 Å². The van der Waals surface area contributed by atoms with E-state index in [1.807, 2.05) is 49.4 Å². The van der Waals surface area contributed by atoms with Gasteiger partial charge in [-0.1, -0.05) is 36.4 Å². The van der Waals surface area contributed by atoms with Crippen molar-refractivity contribution < 1.29 is 14.6 Å². The number of para-hydroxylation sites is 3. The highest BCUT2D eigenvalue weighted by molar-refractivity contribution is 5.94. The molecular weight excluding hydrogens is 352 g/mol. The van der Waals surface area contributed by atoms with Gasteiger partial charge in [0, 0.05) is 12.6 Å². The number of hydrogen-bond donors (Lipinski definition) is 1. The smallest absolute Gasteiger partial charge is 0.227 e. The molecule has 5 nitrogen and oxygen atoms in total. The van der Waals surface area contributed by atoms with Gasteiger partial charge in [-0.25, -0.2) is 0 Å². The van der Waals surface area contributed by atoms with Gasteiger partial charge in [-0.15, -0.1) is 0 Å². The molecule has 1 amide bonds. The topological polar surface area (TPSA) is 62.7 Å². The van der Waals surface area contributed by atoms with Gasteiger partial charge in [-0.3, -0.25) is 9.78 Å². The Morgan fingerprint density at radius 2 is 1.79 bits per heavy atom. The van der Waals surface area contributed by atoms with Crippen LogP contribution in [0.1, 0.15) is 24.1 Å². The Hall–Kier alpha value is -3.34. The zero-order valence-electron chi connectivity index (χ0n) is 15.9. The van der Waals surface area contributed by atoms with E-state index in [1.165, 1.54) is 0 Å². The van der Waals surface area contributed by atoms with Crippen molar-refractivity contribution in [2.75, 3.05) is 11.5 Å². The number of aromatic hydroxyl groups is 1. The summed E-state index contributed by atoms with van der Waals surface area (Å²) < 4.78 is 5.78. The molecule has 5 heteroatoms. The molecule has 1 aromatic heterocycles. The van der Waals surface area contributed by atoms with Crippen LogP contribution in [0.15, 0.2) is 72.9 Å². The van der Waals surface area contributed by atoms with E-state index < -0.39 is 0 Å². The number of phenols is 1. The third kappa shape index (κ3) is 5.10. The number of aryl methyl sites for hydroxylation is 1. The van der Waals surface area contributed by atoms with Crippen LogP contribution < -0.4 is 9.64 Å². The number of benzene rings is 2. The van der Waals surface area contributed by atoms with Crippen molar-refractivity contribution in [3.05, 3.63) is 84.2 Å². The zero-order valence-corrected chi connectivity index (χ0v) is 15.9. The molecular formula is C23H24N2O3. The number of hydrogen-bond acceptors (Lipinski definition) is 4. The van der Waals surface area contributed by atoms with Gasteiger partial charge in [0.2, 0.25) is 5.91 Å². The van der Waals surface area contributed by atoms with Crippen LogP contribution in [0, 0.1) is 6.92 Å². The van der Waals surface area contributed by atoms with Crippen molar-refractivity contribution in [2.24, 2.45) is 0 Å². The number of rotatable bonds is 8. The van der Waals surface area contributed by atoms with Crippen molar-refractivity contribution in [3.63, 3.8) is 0 Å². The first-order chi connectivity index (χ1) is 13.6. The number of nitrogens with zero attached hydrogens (tertiary/aromatic N) is 2. The summed E-state index contributed by atoms with van der Waals surface area (Å²) in [6.07, 6.45) is 2.59. The van der Waals surface area contributed by atoms with E-state index in [1.54, 1.807) is 35.4 Å². The van der Waals surface area contributed by atoms with Crippen molar-refractivity contribution in [2.45, 2.75) is 26.3 Å². The molecule has 2 aromatic carbocycles. The summed E-state index contributed by atoms with van der Waals surface area (Å²) in [7, 11) is 0. The molecule has 0 fully saturated rings. The van der Waals surface area contributed by atoms with Gasteiger partial charge in [-0.2, -0.15) is 0 Å². The Morgan fingerprint density at radius 3 is 2.54 bits per heavy atom. The van der Waals surface area contributed by atoms with E-state index in [4.69, 9.17) is 4.74 Å². The summed E-state index contributed by atoms with van der Waals surface area (Å²) in [6, 6.07) is 20.2. The van der Waals surface area contributed by atoms with Crippen LogP contribution in [0.5, 0.6) is 11.5 Å². The van der Waals surface area contributed by atoms with Crippen LogP contribution in [0.25, 0.3) is 0 Å². The maximum Gasteiger partial charge on any atom is 0.227 e. The van der Waals surface area contributed by atoms with Gasteiger partial charge >= 0.3 is 0 Å². The fourth-order valence-electron chi connectivity index (χ4n) is 2.91. The maximum absolute atomic E-state index is 12.9.